The van der Waals surface area contributed by atoms with Gasteiger partial charge < -0.3 is 20.2 Å². The van der Waals surface area contributed by atoms with Crippen molar-refractivity contribution in [1.29, 1.82) is 0 Å². The van der Waals surface area contributed by atoms with E-state index >= 15 is 0 Å². The molecule has 0 unspecified atom stereocenters. The fourth-order valence-corrected chi connectivity index (χ4v) is 12.9. The Hall–Kier alpha value is -7.94. The summed E-state index contributed by atoms with van der Waals surface area (Å²) in [7, 11) is -18.9. The van der Waals surface area contributed by atoms with Crippen LogP contribution in [-0.4, -0.2) is 94.0 Å². The molecule has 0 radical (unpaired) electrons. The molecule has 0 spiro atoms. The third-order valence-electron chi connectivity index (χ3n) is 15.0. The minimum absolute atomic E-state index is 0.110. The van der Waals surface area contributed by atoms with E-state index in [0.29, 0.717) is 102 Å². The van der Waals surface area contributed by atoms with E-state index < -0.39 is 79.9 Å². The number of hydrogen-bond acceptors (Lipinski definition) is 12. The zero-order valence-electron chi connectivity index (χ0n) is 44.8. The SMILES string of the molecule is CCC1=C(C)c2nc1c(C)c1nc(c(-c3ccc(S(=O)(=O)O)cc3)c3[nH]c(c(C)c3CCC(=O)O)c(-c3ccc(S(=O)(=O)O)cc3)c3[nH]c(c(CC)c3C)c2-c2ccc(S(=O)(=O)O)cc2)C(CCC(=O)O)=C1c1ccc(S(=O)(=O)O)cc1. The Labute approximate surface area is 472 Å². The van der Waals surface area contributed by atoms with Crippen molar-refractivity contribution in [2.24, 2.45) is 0 Å². The Morgan fingerprint density at radius 2 is 0.780 bits per heavy atom. The summed E-state index contributed by atoms with van der Waals surface area (Å²) in [5.74, 6) is -2.40. The van der Waals surface area contributed by atoms with Gasteiger partial charge in [-0.15, -0.1) is 0 Å². The number of nitrogens with one attached hydrogen (secondary N) is 2. The van der Waals surface area contributed by atoms with E-state index in [2.05, 4.69) is 9.97 Å². The maximum Gasteiger partial charge on any atom is 0.303 e. The second kappa shape index (κ2) is 21.8. The molecule has 8 bridgehead atoms. The Balaban J connectivity index is 1.65. The van der Waals surface area contributed by atoms with Gasteiger partial charge in [0, 0.05) is 40.7 Å². The van der Waals surface area contributed by atoms with Gasteiger partial charge in [0.1, 0.15) is 0 Å². The van der Waals surface area contributed by atoms with E-state index in [1.807, 2.05) is 27.7 Å². The summed E-state index contributed by atoms with van der Waals surface area (Å²) in [6.45, 7) is 11.1. The van der Waals surface area contributed by atoms with E-state index in [-0.39, 0.29) is 51.3 Å². The number of nitrogens with zero attached hydrogens (tertiary/aromatic N) is 2. The van der Waals surface area contributed by atoms with Crippen LogP contribution in [0.4, 0.5) is 0 Å². The lowest BCUT2D eigenvalue weighted by Gasteiger charge is -2.13. The van der Waals surface area contributed by atoms with Gasteiger partial charge in [-0.1, -0.05) is 62.4 Å². The number of hydrogen-bond donors (Lipinski definition) is 8. The Morgan fingerprint density at radius 1 is 0.415 bits per heavy atom. The Morgan fingerprint density at radius 3 is 1.18 bits per heavy atom. The van der Waals surface area contributed by atoms with Crippen molar-refractivity contribution in [1.82, 2.24) is 19.9 Å². The molecule has 2 aliphatic rings. The van der Waals surface area contributed by atoms with Crippen LogP contribution in [0.1, 0.15) is 103 Å². The van der Waals surface area contributed by atoms with Gasteiger partial charge in [0.15, 0.2) is 0 Å². The molecule has 24 heteroatoms. The number of carbonyl (C=O) groups is 2. The monoisotopic (exact) mass is 1190 g/mol. The van der Waals surface area contributed by atoms with Gasteiger partial charge in [-0.3, -0.25) is 27.8 Å². The van der Waals surface area contributed by atoms with E-state index in [9.17, 15) is 71.7 Å². The smallest absolute Gasteiger partial charge is 0.303 e. The standard InChI is InChI=1S/C58H54N4O16S4/c1-7-41-29(3)53-49(35-13-21-39(22-14-35)81(73,74)75)56-42(8-2)30(4)52(60-56)48(34-11-19-38(20-12-34)80(70,71)72)54-31(5)43(25-27-45(63)64)57(61-54)50(36-15-23-40(24-16-36)82(76,77)78)58-44(26-28-46(65)66)47(55(62-58)32(6)51(41)59-53)33-9-17-37(18-10-33)79(67,68)69/h9-24,60-61H,7-8,25-28H2,1-6H3,(H,63,64)(H,65,66)(H,67,68,69)(H,70,71,72)(H,73,74,75)(H,76,77,78). The van der Waals surface area contributed by atoms with Crippen molar-refractivity contribution >= 4 is 96.8 Å². The molecule has 5 heterocycles. The molecule has 3 aromatic heterocycles. The number of carboxylic acid groups (broad SMARTS) is 2. The molecule has 2 aliphatic heterocycles. The van der Waals surface area contributed by atoms with Crippen LogP contribution in [0, 0.1) is 20.8 Å². The first-order valence-electron chi connectivity index (χ1n) is 25.5. The zero-order chi connectivity index (χ0) is 59.7. The van der Waals surface area contributed by atoms with Crippen LogP contribution >= 0.6 is 0 Å². The summed E-state index contributed by atoms with van der Waals surface area (Å²) >= 11 is 0. The highest BCUT2D eigenvalue weighted by molar-refractivity contribution is 7.86. The number of H-pyrrole nitrogens is 2. The predicted octanol–water partition coefficient (Wildman–Crippen LogP) is 11.0. The molecule has 0 aliphatic carbocycles. The highest BCUT2D eigenvalue weighted by atomic mass is 32.2. The lowest BCUT2D eigenvalue weighted by Crippen LogP contribution is -2.01. The summed E-state index contributed by atoms with van der Waals surface area (Å²) in [6, 6.07) is 21.2. The van der Waals surface area contributed by atoms with Crippen molar-refractivity contribution in [3.05, 3.63) is 153 Å². The van der Waals surface area contributed by atoms with Crippen LogP contribution in [0.3, 0.4) is 0 Å². The fourth-order valence-electron chi connectivity index (χ4n) is 11.0. The van der Waals surface area contributed by atoms with Crippen LogP contribution < -0.4 is 0 Å². The number of aromatic nitrogens is 4. The predicted molar refractivity (Wildman–Crippen MR) is 308 cm³/mol. The number of carboxylic acids is 2. The molecule has 9 rings (SSSR count). The highest BCUT2D eigenvalue weighted by Crippen LogP contribution is 2.49. The summed E-state index contributed by atoms with van der Waals surface area (Å²) in [5, 5.41) is 20.8. The number of allylic oxidation sites excluding steroid dienone is 3. The second-order valence-electron chi connectivity index (χ2n) is 19.8. The average Bonchev–Trinajstić information content (AvgIpc) is 4.36. The molecule has 4 aromatic carbocycles. The van der Waals surface area contributed by atoms with E-state index in [4.69, 9.17) is 9.97 Å². The van der Waals surface area contributed by atoms with Gasteiger partial charge in [0.25, 0.3) is 40.5 Å². The largest absolute Gasteiger partial charge is 0.481 e. The lowest BCUT2D eigenvalue weighted by molar-refractivity contribution is -0.137. The molecule has 0 amide bonds. The summed E-state index contributed by atoms with van der Waals surface area (Å²) in [5.41, 5.74) is 9.94. The van der Waals surface area contributed by atoms with E-state index in [1.165, 1.54) is 84.9 Å². The summed E-state index contributed by atoms with van der Waals surface area (Å²) in [6.07, 6.45) is -0.587. The molecular formula is C58H54N4O16S4. The first-order valence-corrected chi connectivity index (χ1v) is 31.2. The molecular weight excluding hydrogens is 1140 g/mol. The average molecular weight is 1190 g/mol. The third-order valence-corrected chi connectivity index (χ3v) is 18.4. The van der Waals surface area contributed by atoms with E-state index in [0.717, 1.165) is 23.3 Å². The Bertz CT molecular complexity index is 4580. The fraction of sp³-hybridized carbons (Fsp3) is 0.207. The van der Waals surface area contributed by atoms with Crippen molar-refractivity contribution in [2.45, 2.75) is 99.6 Å². The number of aromatic amines is 2. The van der Waals surface area contributed by atoms with Crippen LogP contribution in [0.15, 0.2) is 117 Å². The zero-order valence-corrected chi connectivity index (χ0v) is 48.0. The summed E-state index contributed by atoms with van der Waals surface area (Å²) in [4.78, 5) is 41.9. The van der Waals surface area contributed by atoms with Crippen molar-refractivity contribution < 1.29 is 71.7 Å². The molecule has 426 valence electrons. The van der Waals surface area contributed by atoms with Crippen LogP contribution in [0.2, 0.25) is 0 Å². The third kappa shape index (κ3) is 11.0. The van der Waals surface area contributed by atoms with Crippen molar-refractivity contribution in [3.8, 4) is 33.4 Å². The van der Waals surface area contributed by atoms with Gasteiger partial charge in [-0.25, -0.2) is 9.97 Å². The number of rotatable bonds is 16. The highest BCUT2D eigenvalue weighted by Gasteiger charge is 2.33. The Kier molecular flexibility index (Phi) is 15.6. The maximum atomic E-state index is 12.8. The van der Waals surface area contributed by atoms with Crippen molar-refractivity contribution in [3.63, 3.8) is 0 Å². The molecule has 20 nitrogen and oxygen atoms in total. The first kappa shape index (κ1) is 58.7. The van der Waals surface area contributed by atoms with Crippen molar-refractivity contribution in [2.75, 3.05) is 0 Å². The molecule has 82 heavy (non-hydrogen) atoms. The molecule has 0 fully saturated rings. The minimum atomic E-state index is -4.78. The second-order valence-corrected chi connectivity index (χ2v) is 25.5. The normalized spacial score (nSPS) is 13.3. The van der Waals surface area contributed by atoms with E-state index in [1.54, 1.807) is 13.8 Å². The van der Waals surface area contributed by atoms with Gasteiger partial charge >= 0.3 is 11.9 Å². The van der Waals surface area contributed by atoms with Gasteiger partial charge in [-0.2, -0.15) is 33.7 Å². The number of fused-ring (bicyclic) bond motifs is 8. The summed E-state index contributed by atoms with van der Waals surface area (Å²) < 4.78 is 141. The topological polar surface area (TPSA) is 349 Å². The molecule has 0 saturated carbocycles. The minimum Gasteiger partial charge on any atom is -0.481 e. The number of aryl methyl sites for hydroxylation is 4. The number of aliphatic carboxylic acids is 2. The quantitative estimate of drug-likeness (QED) is 0.0417. The molecule has 0 saturated heterocycles. The molecule has 0 atom stereocenters. The van der Waals surface area contributed by atoms with Gasteiger partial charge in [-0.05, 0) is 163 Å². The lowest BCUT2D eigenvalue weighted by atomic mass is 9.89. The molecule has 7 aromatic rings. The molecule has 8 N–H and O–H groups in total. The van der Waals surface area contributed by atoms with Crippen LogP contribution in [0.5, 0.6) is 0 Å². The van der Waals surface area contributed by atoms with Gasteiger partial charge in [0.2, 0.25) is 0 Å². The first-order chi connectivity index (χ1) is 38.4. The van der Waals surface area contributed by atoms with Gasteiger partial charge in [0.05, 0.1) is 64.4 Å². The number of benzene rings is 4. The van der Waals surface area contributed by atoms with Crippen LogP contribution in [-0.2, 0) is 62.9 Å². The maximum absolute atomic E-state index is 12.8. The van der Waals surface area contributed by atoms with Crippen LogP contribution in [0.25, 0.3) is 77.7 Å².